The summed E-state index contributed by atoms with van der Waals surface area (Å²) in [4.78, 5) is 10.9. The van der Waals surface area contributed by atoms with Gasteiger partial charge >= 0.3 is 0 Å². The number of hydrogen-bond donors (Lipinski definition) is 0. The van der Waals surface area contributed by atoms with E-state index in [2.05, 4.69) is 6.08 Å². The van der Waals surface area contributed by atoms with E-state index in [1.807, 2.05) is 0 Å². The molecule has 3 aliphatic carbocycles. The largest absolute Gasteiger partial charge is 0.290 e. The molecule has 46 valence electrons. The lowest BCUT2D eigenvalue weighted by Gasteiger charge is -2.18. The van der Waals surface area contributed by atoms with Crippen LogP contribution in [-0.4, -0.2) is 5.78 Å². The van der Waals surface area contributed by atoms with Gasteiger partial charge in [0, 0.05) is 0 Å². The number of carbonyl (C=O) groups excluding carboxylic acids is 1. The van der Waals surface area contributed by atoms with Crippen LogP contribution in [-0.2, 0) is 4.79 Å². The van der Waals surface area contributed by atoms with Crippen molar-refractivity contribution in [1.29, 1.82) is 0 Å². The first-order valence-corrected chi connectivity index (χ1v) is 3.29. The summed E-state index contributed by atoms with van der Waals surface area (Å²) in [5.41, 5.74) is 2.35. The highest BCUT2D eigenvalue weighted by molar-refractivity contribution is 6.06. The number of ketones is 1. The van der Waals surface area contributed by atoms with Crippen molar-refractivity contribution in [2.24, 2.45) is 0 Å². The van der Waals surface area contributed by atoms with Crippen molar-refractivity contribution in [2.75, 3.05) is 0 Å². The van der Waals surface area contributed by atoms with Crippen LogP contribution in [0.4, 0.5) is 0 Å². The average molecular weight is 120 g/mol. The van der Waals surface area contributed by atoms with Gasteiger partial charge in [-0.05, 0) is 30.9 Å². The van der Waals surface area contributed by atoms with E-state index < -0.39 is 0 Å². The first-order chi connectivity index (χ1) is 4.36. The van der Waals surface area contributed by atoms with Crippen molar-refractivity contribution in [3.05, 3.63) is 23.3 Å². The molecule has 0 aromatic heterocycles. The molecule has 0 atom stereocenters. The molecule has 0 aliphatic heterocycles. The highest BCUT2D eigenvalue weighted by Crippen LogP contribution is 2.28. The Hall–Kier alpha value is -0.850. The first-order valence-electron chi connectivity index (χ1n) is 3.29. The number of hydrogen-bond acceptors (Lipinski definition) is 1. The third kappa shape index (κ3) is 0.645. The van der Waals surface area contributed by atoms with Crippen molar-refractivity contribution in [3.63, 3.8) is 0 Å². The van der Waals surface area contributed by atoms with E-state index in [1.165, 1.54) is 5.57 Å². The molecule has 0 aromatic carbocycles. The summed E-state index contributed by atoms with van der Waals surface area (Å²) in [7, 11) is 0. The highest BCUT2D eigenvalue weighted by atomic mass is 16.1. The van der Waals surface area contributed by atoms with Crippen LogP contribution in [0, 0.1) is 0 Å². The van der Waals surface area contributed by atoms with Gasteiger partial charge in [-0.3, -0.25) is 4.79 Å². The van der Waals surface area contributed by atoms with Gasteiger partial charge in [0.25, 0.3) is 0 Å². The molecule has 0 N–H and O–H groups in total. The van der Waals surface area contributed by atoms with E-state index in [1.54, 1.807) is 6.08 Å². The van der Waals surface area contributed by atoms with Crippen molar-refractivity contribution in [3.8, 4) is 0 Å². The normalized spacial score (nSPS) is 23.8. The lowest BCUT2D eigenvalue weighted by atomic mass is 9.85. The standard InChI is InChI=1S/C8H8O/c9-8-5-6-1-3-7(8)4-2-6/h3,5H,1-2,4H2. The molecule has 1 nitrogen and oxygen atoms in total. The molecule has 2 bridgehead atoms. The zero-order chi connectivity index (χ0) is 6.27. The molecule has 0 spiro atoms. The van der Waals surface area contributed by atoms with Gasteiger partial charge in [-0.1, -0.05) is 11.6 Å². The van der Waals surface area contributed by atoms with Gasteiger partial charge in [-0.2, -0.15) is 0 Å². The monoisotopic (exact) mass is 120 g/mol. The molecule has 3 rings (SSSR count). The smallest absolute Gasteiger partial charge is 0.181 e. The fourth-order valence-electron chi connectivity index (χ4n) is 1.39. The average Bonchev–Trinajstić information content (AvgIpc) is 1.90. The highest BCUT2D eigenvalue weighted by Gasteiger charge is 2.18. The van der Waals surface area contributed by atoms with Gasteiger partial charge < -0.3 is 0 Å². The summed E-state index contributed by atoms with van der Waals surface area (Å²) < 4.78 is 0. The number of fused-ring (bicyclic) bond motifs is 3. The Bertz CT molecular complexity index is 221. The Kier molecular flexibility index (Phi) is 0.865. The molecule has 0 heterocycles. The SMILES string of the molecule is O=C1C=C2CC=C1CC2. The third-order valence-electron chi connectivity index (χ3n) is 1.98. The summed E-state index contributed by atoms with van der Waals surface area (Å²) >= 11 is 0. The van der Waals surface area contributed by atoms with E-state index in [0.717, 1.165) is 24.8 Å². The Balaban J connectivity index is 2.48. The van der Waals surface area contributed by atoms with Crippen LogP contribution < -0.4 is 0 Å². The quantitative estimate of drug-likeness (QED) is 0.474. The van der Waals surface area contributed by atoms with Gasteiger partial charge in [-0.15, -0.1) is 0 Å². The van der Waals surface area contributed by atoms with Crippen LogP contribution in [0.1, 0.15) is 19.3 Å². The molecule has 0 aromatic rings. The maximum atomic E-state index is 10.9. The Morgan fingerprint density at radius 2 is 2.22 bits per heavy atom. The molecular formula is C8H8O. The van der Waals surface area contributed by atoms with Crippen LogP contribution in [0.3, 0.4) is 0 Å². The Labute approximate surface area is 54.1 Å². The topological polar surface area (TPSA) is 17.1 Å². The molecule has 0 unspecified atom stereocenters. The predicted molar refractivity (Wildman–Crippen MR) is 35.0 cm³/mol. The molecule has 0 saturated heterocycles. The third-order valence-corrected chi connectivity index (χ3v) is 1.98. The van der Waals surface area contributed by atoms with Crippen molar-refractivity contribution < 1.29 is 4.79 Å². The summed E-state index contributed by atoms with van der Waals surface area (Å²) in [6, 6.07) is 0. The van der Waals surface area contributed by atoms with Gasteiger partial charge in [0.05, 0.1) is 0 Å². The molecule has 9 heavy (non-hydrogen) atoms. The lowest BCUT2D eigenvalue weighted by molar-refractivity contribution is -0.111. The van der Waals surface area contributed by atoms with Crippen molar-refractivity contribution in [1.82, 2.24) is 0 Å². The minimum absolute atomic E-state index is 0.252. The summed E-state index contributed by atoms with van der Waals surface area (Å²) in [6.07, 6.45) is 6.99. The number of rotatable bonds is 0. The predicted octanol–water partition coefficient (Wildman–Crippen LogP) is 1.61. The zero-order valence-electron chi connectivity index (χ0n) is 5.18. The van der Waals surface area contributed by atoms with E-state index in [0.29, 0.717) is 0 Å². The molecule has 0 fully saturated rings. The van der Waals surface area contributed by atoms with Crippen molar-refractivity contribution >= 4 is 5.78 Å². The van der Waals surface area contributed by atoms with Gasteiger partial charge in [0.2, 0.25) is 0 Å². The zero-order valence-corrected chi connectivity index (χ0v) is 5.18. The van der Waals surface area contributed by atoms with Crippen molar-refractivity contribution in [2.45, 2.75) is 19.3 Å². The van der Waals surface area contributed by atoms with Gasteiger partial charge in [-0.25, -0.2) is 0 Å². The Morgan fingerprint density at radius 1 is 1.33 bits per heavy atom. The van der Waals surface area contributed by atoms with E-state index in [4.69, 9.17) is 0 Å². The molecular weight excluding hydrogens is 112 g/mol. The maximum absolute atomic E-state index is 10.9. The van der Waals surface area contributed by atoms with Crippen LogP contribution in [0.5, 0.6) is 0 Å². The van der Waals surface area contributed by atoms with Crippen LogP contribution in [0.15, 0.2) is 23.3 Å². The van der Waals surface area contributed by atoms with Crippen LogP contribution in [0.25, 0.3) is 0 Å². The summed E-state index contributed by atoms with van der Waals surface area (Å²) in [5, 5.41) is 0. The molecule has 0 saturated carbocycles. The molecule has 3 aliphatic rings. The fraction of sp³-hybridized carbons (Fsp3) is 0.375. The number of carbonyl (C=O) groups is 1. The second-order valence-electron chi connectivity index (χ2n) is 2.60. The minimum atomic E-state index is 0.252. The van der Waals surface area contributed by atoms with E-state index >= 15 is 0 Å². The maximum Gasteiger partial charge on any atom is 0.181 e. The van der Waals surface area contributed by atoms with Crippen LogP contribution in [0.2, 0.25) is 0 Å². The second-order valence-corrected chi connectivity index (χ2v) is 2.60. The van der Waals surface area contributed by atoms with E-state index in [-0.39, 0.29) is 5.78 Å². The second kappa shape index (κ2) is 1.56. The number of allylic oxidation sites excluding steroid dienone is 4. The van der Waals surface area contributed by atoms with Gasteiger partial charge in [0.15, 0.2) is 5.78 Å². The Morgan fingerprint density at radius 3 is 2.44 bits per heavy atom. The van der Waals surface area contributed by atoms with Crippen LogP contribution >= 0.6 is 0 Å². The fourth-order valence-corrected chi connectivity index (χ4v) is 1.39. The first kappa shape index (κ1) is 4.98. The lowest BCUT2D eigenvalue weighted by Crippen LogP contribution is -2.11. The minimum Gasteiger partial charge on any atom is -0.290 e. The molecule has 0 amide bonds. The summed E-state index contributed by atoms with van der Waals surface area (Å²) in [5.74, 6) is 0.252. The molecule has 0 radical (unpaired) electrons. The summed E-state index contributed by atoms with van der Waals surface area (Å²) in [6.45, 7) is 0. The molecule has 1 heteroatoms. The van der Waals surface area contributed by atoms with Gasteiger partial charge in [0.1, 0.15) is 0 Å². The van der Waals surface area contributed by atoms with E-state index in [9.17, 15) is 4.79 Å².